The molecule has 0 aromatic carbocycles. The molecule has 3 aliphatic rings. The van der Waals surface area contributed by atoms with Crippen molar-refractivity contribution in [2.75, 3.05) is 0 Å². The molecule has 0 saturated heterocycles. The van der Waals surface area contributed by atoms with Gasteiger partial charge in [-0.15, -0.1) is 0 Å². The summed E-state index contributed by atoms with van der Waals surface area (Å²) < 4.78 is 0. The molecule has 3 fully saturated rings. The Hall–Kier alpha value is -1.11. The molecule has 3 saturated carbocycles. The van der Waals surface area contributed by atoms with Gasteiger partial charge in [0.05, 0.1) is 0 Å². The van der Waals surface area contributed by atoms with E-state index in [0.29, 0.717) is 30.0 Å². The molecule has 3 aliphatic carbocycles. The molecule has 0 aromatic rings. The monoisotopic (exact) mass is 214 g/mol. The van der Waals surface area contributed by atoms with Gasteiger partial charge in [-0.2, -0.15) is 0 Å². The molecule has 0 aliphatic heterocycles. The van der Waals surface area contributed by atoms with E-state index in [1.165, 1.54) is 16.7 Å². The first-order valence-corrected chi connectivity index (χ1v) is 6.13. The number of Topliss-reactive ketones (excluding diaryl/α,β-unsaturated/α-hetero) is 1. The van der Waals surface area contributed by atoms with E-state index in [0.717, 1.165) is 19.3 Å². The van der Waals surface area contributed by atoms with Crippen LogP contribution in [0.15, 0.2) is 36.5 Å². The van der Waals surface area contributed by atoms with Crippen molar-refractivity contribution in [3.8, 4) is 0 Å². The fourth-order valence-electron chi connectivity index (χ4n) is 3.95. The minimum absolute atomic E-state index is 0.247. The van der Waals surface area contributed by atoms with Gasteiger partial charge in [-0.25, -0.2) is 0 Å². The topological polar surface area (TPSA) is 17.1 Å². The summed E-state index contributed by atoms with van der Waals surface area (Å²) >= 11 is 0. The molecule has 1 heteroatoms. The van der Waals surface area contributed by atoms with Crippen molar-refractivity contribution in [3.63, 3.8) is 0 Å². The van der Waals surface area contributed by atoms with Crippen LogP contribution in [0.25, 0.3) is 0 Å². The van der Waals surface area contributed by atoms with Crippen LogP contribution in [0.1, 0.15) is 25.7 Å². The minimum atomic E-state index is 0.247. The van der Waals surface area contributed by atoms with Crippen LogP contribution in [0.5, 0.6) is 0 Å². The summed E-state index contributed by atoms with van der Waals surface area (Å²) in [6.07, 6.45) is 3.70. The van der Waals surface area contributed by atoms with Crippen LogP contribution >= 0.6 is 0 Å². The minimum Gasteiger partial charge on any atom is -0.299 e. The largest absolute Gasteiger partial charge is 0.299 e. The van der Waals surface area contributed by atoms with Crippen LogP contribution in [0.3, 0.4) is 0 Å². The van der Waals surface area contributed by atoms with Crippen molar-refractivity contribution < 1.29 is 4.79 Å². The third-order valence-corrected chi connectivity index (χ3v) is 4.83. The van der Waals surface area contributed by atoms with E-state index in [1.807, 2.05) is 0 Å². The molecule has 4 unspecified atom stereocenters. The number of carbonyl (C=O) groups is 1. The van der Waals surface area contributed by atoms with Crippen LogP contribution < -0.4 is 0 Å². The smallest absolute Gasteiger partial charge is 0.140 e. The molecule has 16 heavy (non-hydrogen) atoms. The molecule has 0 bridgehead atoms. The third kappa shape index (κ3) is 1.20. The van der Waals surface area contributed by atoms with Gasteiger partial charge in [0.1, 0.15) is 5.78 Å². The van der Waals surface area contributed by atoms with E-state index in [2.05, 4.69) is 19.7 Å². The summed E-state index contributed by atoms with van der Waals surface area (Å²) in [5.41, 5.74) is 3.80. The van der Waals surface area contributed by atoms with E-state index in [9.17, 15) is 4.79 Å². The molecule has 4 atom stereocenters. The zero-order chi connectivity index (χ0) is 11.4. The highest BCUT2D eigenvalue weighted by atomic mass is 16.1. The summed E-state index contributed by atoms with van der Waals surface area (Å²) in [7, 11) is 0. The van der Waals surface area contributed by atoms with Gasteiger partial charge in [-0.05, 0) is 37.0 Å². The predicted molar refractivity (Wildman–Crippen MR) is 64.9 cm³/mol. The summed E-state index contributed by atoms with van der Waals surface area (Å²) in [6, 6.07) is 0. The Morgan fingerprint density at radius 3 is 1.81 bits per heavy atom. The Morgan fingerprint density at radius 2 is 1.19 bits per heavy atom. The molecule has 0 aromatic heterocycles. The summed E-state index contributed by atoms with van der Waals surface area (Å²) in [4.78, 5) is 11.9. The Balaban J connectivity index is 1.92. The molecule has 0 radical (unpaired) electrons. The van der Waals surface area contributed by atoms with Crippen molar-refractivity contribution in [1.82, 2.24) is 0 Å². The molecule has 0 amide bonds. The second kappa shape index (κ2) is 3.19. The first-order chi connectivity index (χ1) is 7.58. The highest BCUT2D eigenvalue weighted by molar-refractivity contribution is 5.87. The lowest BCUT2D eigenvalue weighted by Crippen LogP contribution is -2.30. The van der Waals surface area contributed by atoms with Crippen molar-refractivity contribution >= 4 is 5.78 Å². The number of fused-ring (bicyclic) bond motifs is 2. The number of hydrogen-bond donors (Lipinski definition) is 0. The van der Waals surface area contributed by atoms with Crippen molar-refractivity contribution in [1.29, 1.82) is 0 Å². The van der Waals surface area contributed by atoms with Gasteiger partial charge in [-0.1, -0.05) is 36.5 Å². The Morgan fingerprint density at radius 1 is 0.750 bits per heavy atom. The van der Waals surface area contributed by atoms with Crippen LogP contribution in [-0.4, -0.2) is 5.78 Å². The second-order valence-electron chi connectivity index (χ2n) is 5.69. The lowest BCUT2D eigenvalue weighted by atomic mass is 9.69. The van der Waals surface area contributed by atoms with E-state index in [4.69, 9.17) is 0 Å². The number of hydrogen-bond acceptors (Lipinski definition) is 1. The maximum absolute atomic E-state index is 11.9. The Bertz CT molecular complexity index is 339. The fourth-order valence-corrected chi connectivity index (χ4v) is 3.95. The van der Waals surface area contributed by atoms with Crippen LogP contribution in [-0.2, 0) is 4.79 Å². The van der Waals surface area contributed by atoms with E-state index < -0.39 is 0 Å². The van der Waals surface area contributed by atoms with E-state index in [1.54, 1.807) is 0 Å². The standard InChI is InChI=1S/C15H18O/c1-8-4-9(2)12-7-14-13(6-11(8)12)10(3)5-15(14)16/h11-14H,1-7H2. The number of ketones is 1. The lowest BCUT2D eigenvalue weighted by molar-refractivity contribution is -0.122. The van der Waals surface area contributed by atoms with Gasteiger partial charge in [0.25, 0.3) is 0 Å². The van der Waals surface area contributed by atoms with Gasteiger partial charge in [-0.3, -0.25) is 4.79 Å². The summed E-state index contributed by atoms with van der Waals surface area (Å²) in [5, 5.41) is 0. The van der Waals surface area contributed by atoms with Gasteiger partial charge in [0.15, 0.2) is 0 Å². The van der Waals surface area contributed by atoms with Crippen molar-refractivity contribution in [3.05, 3.63) is 36.5 Å². The maximum atomic E-state index is 11.9. The fraction of sp³-hybridized carbons (Fsp3) is 0.533. The first kappa shape index (κ1) is 10.1. The van der Waals surface area contributed by atoms with Crippen LogP contribution in [0, 0.1) is 23.7 Å². The summed E-state index contributed by atoms with van der Waals surface area (Å²) in [6.45, 7) is 12.4. The van der Waals surface area contributed by atoms with E-state index >= 15 is 0 Å². The highest BCUT2D eigenvalue weighted by Crippen LogP contribution is 2.55. The molecule has 1 nitrogen and oxygen atoms in total. The highest BCUT2D eigenvalue weighted by Gasteiger charge is 2.48. The predicted octanol–water partition coefficient (Wildman–Crippen LogP) is 3.29. The second-order valence-corrected chi connectivity index (χ2v) is 5.69. The number of allylic oxidation sites excluding steroid dienone is 3. The van der Waals surface area contributed by atoms with Gasteiger partial charge < -0.3 is 0 Å². The Labute approximate surface area is 96.9 Å². The van der Waals surface area contributed by atoms with E-state index in [-0.39, 0.29) is 5.92 Å². The molecule has 0 heterocycles. The van der Waals surface area contributed by atoms with Gasteiger partial charge in [0, 0.05) is 12.3 Å². The van der Waals surface area contributed by atoms with Crippen molar-refractivity contribution in [2.24, 2.45) is 23.7 Å². The molecular weight excluding hydrogens is 196 g/mol. The van der Waals surface area contributed by atoms with Crippen molar-refractivity contribution in [2.45, 2.75) is 25.7 Å². The Kier molecular flexibility index (Phi) is 2.01. The quantitative estimate of drug-likeness (QED) is 0.565. The van der Waals surface area contributed by atoms with Crippen LogP contribution in [0.4, 0.5) is 0 Å². The van der Waals surface area contributed by atoms with Gasteiger partial charge in [0.2, 0.25) is 0 Å². The zero-order valence-electron chi connectivity index (χ0n) is 9.67. The maximum Gasteiger partial charge on any atom is 0.140 e. The summed E-state index contributed by atoms with van der Waals surface area (Å²) in [5.74, 6) is 2.21. The average molecular weight is 214 g/mol. The molecule has 84 valence electrons. The molecule has 0 N–H and O–H groups in total. The SMILES string of the molecule is C=C1CC(=C)C2CC3C(=O)CC(=C)C3CC12. The average Bonchev–Trinajstić information content (AvgIpc) is 2.67. The molecule has 3 rings (SSSR count). The zero-order valence-corrected chi connectivity index (χ0v) is 9.67. The lowest BCUT2D eigenvalue weighted by Gasteiger charge is -2.35. The normalized spacial score (nSPS) is 42.5. The molecular formula is C15H18O. The van der Waals surface area contributed by atoms with Gasteiger partial charge >= 0.3 is 0 Å². The third-order valence-electron chi connectivity index (χ3n) is 4.83. The number of rotatable bonds is 0. The molecule has 0 spiro atoms. The number of carbonyl (C=O) groups excluding carboxylic acids is 1. The van der Waals surface area contributed by atoms with Crippen LogP contribution in [0.2, 0.25) is 0 Å². The first-order valence-electron chi connectivity index (χ1n) is 6.13.